The lowest BCUT2D eigenvalue weighted by molar-refractivity contribution is -0.134. The molecular formula is C17H26Cl3N3O2. The van der Waals surface area contributed by atoms with Gasteiger partial charge >= 0.3 is 0 Å². The molecule has 5 nitrogen and oxygen atoms in total. The van der Waals surface area contributed by atoms with E-state index in [1.54, 1.807) is 0 Å². The minimum Gasteiger partial charge on any atom is -0.366 e. The van der Waals surface area contributed by atoms with E-state index in [1.165, 1.54) is 12.8 Å². The fourth-order valence-electron chi connectivity index (χ4n) is 3.27. The van der Waals surface area contributed by atoms with Crippen LogP contribution in [0.15, 0.2) is 24.3 Å². The first-order chi connectivity index (χ1) is 11.2. The van der Waals surface area contributed by atoms with Crippen LogP contribution in [0.3, 0.4) is 0 Å². The molecular weight excluding hydrogens is 385 g/mol. The number of likely N-dealkylation sites (tertiary alicyclic amines) is 1. The second kappa shape index (κ2) is 11.2. The van der Waals surface area contributed by atoms with Gasteiger partial charge in [-0.3, -0.25) is 9.69 Å². The van der Waals surface area contributed by atoms with Crippen molar-refractivity contribution in [3.8, 4) is 0 Å². The minimum atomic E-state index is -0.387. The zero-order valence-corrected chi connectivity index (χ0v) is 16.5. The van der Waals surface area contributed by atoms with E-state index in [2.05, 4.69) is 21.6 Å². The standard InChI is InChI=1S/C17H24ClN3O2.2ClH/c18-14-5-3-4-13(10-14)15(21-7-1-2-8-21)11-20-17(22)16-12-19-6-9-23-16;;/h3-5,10,15-16,19H,1-2,6-9,11-12H2,(H,20,22);2*1H. The van der Waals surface area contributed by atoms with Gasteiger partial charge < -0.3 is 15.4 Å². The molecule has 8 heteroatoms. The van der Waals surface area contributed by atoms with Gasteiger partial charge in [0.2, 0.25) is 0 Å². The Morgan fingerprint density at radius 1 is 1.36 bits per heavy atom. The van der Waals surface area contributed by atoms with Crippen LogP contribution in [0.4, 0.5) is 0 Å². The van der Waals surface area contributed by atoms with Crippen LogP contribution >= 0.6 is 36.4 Å². The predicted molar refractivity (Wildman–Crippen MR) is 105 cm³/mol. The van der Waals surface area contributed by atoms with Crippen molar-refractivity contribution in [2.45, 2.75) is 25.0 Å². The number of nitrogens with zero attached hydrogens (tertiary/aromatic N) is 1. The van der Waals surface area contributed by atoms with Crippen molar-refractivity contribution < 1.29 is 9.53 Å². The van der Waals surface area contributed by atoms with Crippen molar-refractivity contribution in [3.63, 3.8) is 0 Å². The number of hydrogen-bond donors (Lipinski definition) is 2. The molecule has 142 valence electrons. The summed E-state index contributed by atoms with van der Waals surface area (Å²) in [7, 11) is 0. The third-order valence-electron chi connectivity index (χ3n) is 4.50. The molecule has 1 aromatic rings. The molecule has 0 bridgehead atoms. The van der Waals surface area contributed by atoms with Crippen molar-refractivity contribution in [2.75, 3.05) is 39.3 Å². The lowest BCUT2D eigenvalue weighted by Crippen LogP contribution is -2.49. The Morgan fingerprint density at radius 2 is 2.12 bits per heavy atom. The molecule has 0 aromatic heterocycles. The molecule has 25 heavy (non-hydrogen) atoms. The maximum atomic E-state index is 12.3. The van der Waals surface area contributed by atoms with Crippen LogP contribution in [0.25, 0.3) is 0 Å². The second-order valence-electron chi connectivity index (χ2n) is 6.12. The van der Waals surface area contributed by atoms with Gasteiger partial charge in [0.25, 0.3) is 5.91 Å². The maximum Gasteiger partial charge on any atom is 0.250 e. The van der Waals surface area contributed by atoms with E-state index in [0.717, 1.165) is 30.2 Å². The van der Waals surface area contributed by atoms with Gasteiger partial charge in [0.1, 0.15) is 6.10 Å². The summed E-state index contributed by atoms with van der Waals surface area (Å²) >= 11 is 6.15. The van der Waals surface area contributed by atoms with Crippen LogP contribution in [-0.4, -0.2) is 56.2 Å². The topological polar surface area (TPSA) is 53.6 Å². The molecule has 0 radical (unpaired) electrons. The van der Waals surface area contributed by atoms with Crippen LogP contribution in [0.1, 0.15) is 24.4 Å². The number of halogens is 3. The van der Waals surface area contributed by atoms with Crippen molar-refractivity contribution in [2.24, 2.45) is 0 Å². The molecule has 1 aromatic carbocycles. The maximum absolute atomic E-state index is 12.3. The van der Waals surface area contributed by atoms with E-state index >= 15 is 0 Å². The number of ether oxygens (including phenoxy) is 1. The number of hydrogen-bond acceptors (Lipinski definition) is 4. The van der Waals surface area contributed by atoms with Crippen molar-refractivity contribution in [1.29, 1.82) is 0 Å². The number of morpholine rings is 1. The van der Waals surface area contributed by atoms with Crippen LogP contribution in [0, 0.1) is 0 Å². The number of rotatable bonds is 5. The minimum absolute atomic E-state index is 0. The van der Waals surface area contributed by atoms with Gasteiger partial charge in [0.05, 0.1) is 12.6 Å². The average molecular weight is 411 g/mol. The molecule has 0 aliphatic carbocycles. The second-order valence-corrected chi connectivity index (χ2v) is 6.56. The van der Waals surface area contributed by atoms with Gasteiger partial charge in [-0.2, -0.15) is 0 Å². The first-order valence-electron chi connectivity index (χ1n) is 8.33. The first kappa shape index (κ1) is 22.5. The molecule has 0 saturated carbocycles. The fourth-order valence-corrected chi connectivity index (χ4v) is 3.47. The molecule has 0 spiro atoms. The fraction of sp³-hybridized carbons (Fsp3) is 0.588. The third kappa shape index (κ3) is 6.27. The Labute approximate surface area is 166 Å². The van der Waals surface area contributed by atoms with Crippen LogP contribution in [0.2, 0.25) is 5.02 Å². The number of carbonyl (C=O) groups excluding carboxylic acids is 1. The van der Waals surface area contributed by atoms with Gasteiger partial charge in [-0.05, 0) is 43.6 Å². The average Bonchev–Trinajstić information content (AvgIpc) is 3.10. The van der Waals surface area contributed by atoms with E-state index < -0.39 is 0 Å². The summed E-state index contributed by atoms with van der Waals surface area (Å²) in [5.41, 5.74) is 1.15. The summed E-state index contributed by atoms with van der Waals surface area (Å²) in [6, 6.07) is 8.09. The third-order valence-corrected chi connectivity index (χ3v) is 4.74. The summed E-state index contributed by atoms with van der Waals surface area (Å²) in [5.74, 6) is -0.0385. The molecule has 2 saturated heterocycles. The summed E-state index contributed by atoms with van der Waals surface area (Å²) in [6.07, 6.45) is 2.03. The number of amides is 1. The Hall–Kier alpha value is -0.560. The van der Waals surface area contributed by atoms with Crippen LogP contribution in [0.5, 0.6) is 0 Å². The van der Waals surface area contributed by atoms with Crippen molar-refractivity contribution in [1.82, 2.24) is 15.5 Å². The highest BCUT2D eigenvalue weighted by Crippen LogP contribution is 2.26. The van der Waals surface area contributed by atoms with E-state index in [1.807, 2.05) is 18.2 Å². The summed E-state index contributed by atoms with van der Waals surface area (Å²) in [6.45, 7) is 4.68. The molecule has 2 aliphatic heterocycles. The molecule has 2 aliphatic rings. The van der Waals surface area contributed by atoms with Gasteiger partial charge in [0.15, 0.2) is 0 Å². The lowest BCUT2D eigenvalue weighted by Gasteiger charge is -2.29. The zero-order chi connectivity index (χ0) is 16.1. The Kier molecular flexibility index (Phi) is 10.1. The van der Waals surface area contributed by atoms with Crippen molar-refractivity contribution in [3.05, 3.63) is 34.9 Å². The summed E-state index contributed by atoms with van der Waals surface area (Å²) < 4.78 is 5.51. The smallest absolute Gasteiger partial charge is 0.250 e. The zero-order valence-electron chi connectivity index (χ0n) is 14.1. The van der Waals surface area contributed by atoms with E-state index in [0.29, 0.717) is 19.7 Å². The molecule has 3 rings (SSSR count). The number of benzene rings is 1. The highest BCUT2D eigenvalue weighted by atomic mass is 35.5. The van der Waals surface area contributed by atoms with E-state index in [-0.39, 0.29) is 42.9 Å². The van der Waals surface area contributed by atoms with Crippen LogP contribution in [-0.2, 0) is 9.53 Å². The van der Waals surface area contributed by atoms with E-state index in [4.69, 9.17) is 16.3 Å². The lowest BCUT2D eigenvalue weighted by atomic mass is 10.1. The molecule has 2 heterocycles. The predicted octanol–water partition coefficient (Wildman–Crippen LogP) is 2.43. The highest BCUT2D eigenvalue weighted by molar-refractivity contribution is 6.30. The van der Waals surface area contributed by atoms with Gasteiger partial charge in [-0.1, -0.05) is 23.7 Å². The monoisotopic (exact) mass is 409 g/mol. The molecule has 2 unspecified atom stereocenters. The largest absolute Gasteiger partial charge is 0.366 e. The van der Waals surface area contributed by atoms with Crippen LogP contribution < -0.4 is 10.6 Å². The van der Waals surface area contributed by atoms with E-state index in [9.17, 15) is 4.79 Å². The summed E-state index contributed by atoms with van der Waals surface area (Å²) in [5, 5.41) is 6.98. The highest BCUT2D eigenvalue weighted by Gasteiger charge is 2.26. The van der Waals surface area contributed by atoms with Gasteiger partial charge in [-0.25, -0.2) is 0 Å². The molecule has 2 atom stereocenters. The molecule has 2 fully saturated rings. The Bertz CT molecular complexity index is 536. The number of nitrogens with one attached hydrogen (secondary N) is 2. The normalized spacial score (nSPS) is 21.7. The Balaban J connectivity index is 0.00000156. The molecule has 1 amide bonds. The molecule has 2 N–H and O–H groups in total. The SMILES string of the molecule is Cl.Cl.O=C(NCC(c1cccc(Cl)c1)N1CCCC1)C1CNCCO1. The Morgan fingerprint density at radius 3 is 2.76 bits per heavy atom. The summed E-state index contributed by atoms with van der Waals surface area (Å²) in [4.78, 5) is 14.7. The number of carbonyl (C=O) groups is 1. The quantitative estimate of drug-likeness (QED) is 0.783. The van der Waals surface area contributed by atoms with Crippen molar-refractivity contribution >= 4 is 42.3 Å². The van der Waals surface area contributed by atoms with Gasteiger partial charge in [0, 0.05) is 24.7 Å². The first-order valence-corrected chi connectivity index (χ1v) is 8.71. The van der Waals surface area contributed by atoms with Gasteiger partial charge in [-0.15, -0.1) is 24.8 Å².